The predicted octanol–water partition coefficient (Wildman–Crippen LogP) is 3.93. The van der Waals surface area contributed by atoms with Crippen molar-refractivity contribution in [2.75, 3.05) is 0 Å². The summed E-state index contributed by atoms with van der Waals surface area (Å²) < 4.78 is 5.71. The van der Waals surface area contributed by atoms with Crippen LogP contribution in [0.2, 0.25) is 0 Å². The number of oxazole rings is 1. The maximum atomic E-state index is 6.04. The smallest absolute Gasteiger partial charge is 0.212 e. The van der Waals surface area contributed by atoms with Crippen molar-refractivity contribution in [3.05, 3.63) is 29.7 Å². The molecule has 1 heterocycles. The molecule has 0 saturated heterocycles. The maximum Gasteiger partial charge on any atom is 0.212 e. The van der Waals surface area contributed by atoms with E-state index in [1.165, 1.54) is 5.56 Å². The number of fused-ring (bicyclic) bond motifs is 1. The van der Waals surface area contributed by atoms with E-state index in [4.69, 9.17) is 10.2 Å². The van der Waals surface area contributed by atoms with Gasteiger partial charge in [-0.3, -0.25) is 0 Å². The first-order chi connectivity index (χ1) is 8.41. The van der Waals surface area contributed by atoms with Gasteiger partial charge in [-0.1, -0.05) is 40.2 Å². The maximum absolute atomic E-state index is 6.04. The van der Waals surface area contributed by atoms with Gasteiger partial charge in [-0.05, 0) is 29.5 Å². The summed E-state index contributed by atoms with van der Waals surface area (Å²) in [5, 5.41) is 0. The molecule has 1 unspecified atom stereocenters. The highest BCUT2D eigenvalue weighted by Gasteiger charge is 2.17. The first-order valence-electron chi connectivity index (χ1n) is 6.58. The quantitative estimate of drug-likeness (QED) is 0.892. The summed E-state index contributed by atoms with van der Waals surface area (Å²) in [5.41, 5.74) is 9.15. The molecule has 3 nitrogen and oxygen atoms in total. The minimum Gasteiger partial charge on any atom is -0.439 e. The van der Waals surface area contributed by atoms with Crippen LogP contribution in [0, 0.1) is 0 Å². The molecule has 2 N–H and O–H groups in total. The van der Waals surface area contributed by atoms with Crippen molar-refractivity contribution < 1.29 is 4.42 Å². The van der Waals surface area contributed by atoms with Gasteiger partial charge >= 0.3 is 0 Å². The third kappa shape index (κ3) is 2.56. The zero-order chi connectivity index (χ0) is 13.3. The number of rotatable bonds is 3. The summed E-state index contributed by atoms with van der Waals surface area (Å²) in [5.74, 6) is 0.651. The minimum atomic E-state index is -0.0968. The van der Waals surface area contributed by atoms with Gasteiger partial charge < -0.3 is 10.2 Å². The number of nitrogens with two attached hydrogens (primary N) is 1. The molecular weight excluding hydrogens is 224 g/mol. The second-order valence-corrected chi connectivity index (χ2v) is 5.88. The van der Waals surface area contributed by atoms with E-state index >= 15 is 0 Å². The molecule has 18 heavy (non-hydrogen) atoms. The number of benzene rings is 1. The summed E-state index contributed by atoms with van der Waals surface area (Å²) in [6.45, 7) is 8.69. The molecule has 0 amide bonds. The topological polar surface area (TPSA) is 52.0 Å². The standard InChI is InChI=1S/C15H22N2O/c1-5-6-11(16)14-17-12-9-10(15(2,3)4)7-8-13(12)18-14/h7-9,11H,5-6,16H2,1-4H3. The number of aromatic nitrogens is 1. The van der Waals surface area contributed by atoms with E-state index in [1.807, 2.05) is 6.07 Å². The van der Waals surface area contributed by atoms with Gasteiger partial charge in [0.05, 0.1) is 6.04 Å². The Morgan fingerprint density at radius 2 is 2.06 bits per heavy atom. The van der Waals surface area contributed by atoms with Gasteiger partial charge in [0, 0.05) is 0 Å². The summed E-state index contributed by atoms with van der Waals surface area (Å²) in [4.78, 5) is 4.51. The van der Waals surface area contributed by atoms with E-state index < -0.39 is 0 Å². The zero-order valence-corrected chi connectivity index (χ0v) is 11.7. The molecule has 2 rings (SSSR count). The summed E-state index contributed by atoms with van der Waals surface area (Å²) in [7, 11) is 0. The Hall–Kier alpha value is -1.35. The number of nitrogens with zero attached hydrogens (tertiary/aromatic N) is 1. The molecule has 0 aliphatic rings. The van der Waals surface area contributed by atoms with Gasteiger partial charge in [-0.2, -0.15) is 0 Å². The minimum absolute atomic E-state index is 0.0968. The fourth-order valence-corrected chi connectivity index (χ4v) is 2.00. The Bertz CT molecular complexity index is 537. The van der Waals surface area contributed by atoms with Crippen molar-refractivity contribution in [3.63, 3.8) is 0 Å². The molecule has 0 saturated carbocycles. The van der Waals surface area contributed by atoms with Crippen molar-refractivity contribution in [3.8, 4) is 0 Å². The monoisotopic (exact) mass is 246 g/mol. The van der Waals surface area contributed by atoms with E-state index in [2.05, 4.69) is 44.8 Å². The lowest BCUT2D eigenvalue weighted by Crippen LogP contribution is -2.10. The Kier molecular flexibility index (Phi) is 3.44. The molecule has 3 heteroatoms. The van der Waals surface area contributed by atoms with Gasteiger partial charge in [0.25, 0.3) is 0 Å². The third-order valence-electron chi connectivity index (χ3n) is 3.19. The van der Waals surface area contributed by atoms with E-state index in [-0.39, 0.29) is 11.5 Å². The molecule has 0 bridgehead atoms. The fourth-order valence-electron chi connectivity index (χ4n) is 2.00. The first kappa shape index (κ1) is 13.1. The van der Waals surface area contributed by atoms with E-state index in [1.54, 1.807) is 0 Å². The SMILES string of the molecule is CCCC(N)c1nc2cc(C(C)(C)C)ccc2o1. The highest BCUT2D eigenvalue weighted by atomic mass is 16.3. The van der Waals surface area contributed by atoms with Crippen molar-refractivity contribution >= 4 is 11.1 Å². The van der Waals surface area contributed by atoms with Gasteiger partial charge in [-0.25, -0.2) is 4.98 Å². The highest BCUT2D eigenvalue weighted by Crippen LogP contribution is 2.27. The number of hydrogen-bond acceptors (Lipinski definition) is 3. The van der Waals surface area contributed by atoms with Crippen LogP contribution in [0.15, 0.2) is 22.6 Å². The van der Waals surface area contributed by atoms with Crippen molar-refractivity contribution in [1.29, 1.82) is 0 Å². The first-order valence-corrected chi connectivity index (χ1v) is 6.58. The molecule has 1 atom stereocenters. The van der Waals surface area contributed by atoms with Gasteiger partial charge in [-0.15, -0.1) is 0 Å². The Morgan fingerprint density at radius 1 is 1.33 bits per heavy atom. The van der Waals surface area contributed by atoms with Crippen LogP contribution in [-0.2, 0) is 5.41 Å². The van der Waals surface area contributed by atoms with Crippen LogP contribution < -0.4 is 5.73 Å². The van der Waals surface area contributed by atoms with Crippen LogP contribution in [0.25, 0.3) is 11.1 Å². The third-order valence-corrected chi connectivity index (χ3v) is 3.19. The molecule has 98 valence electrons. The van der Waals surface area contributed by atoms with Crippen LogP contribution in [-0.4, -0.2) is 4.98 Å². The van der Waals surface area contributed by atoms with Gasteiger partial charge in [0.2, 0.25) is 5.89 Å². The largest absolute Gasteiger partial charge is 0.439 e. The molecule has 0 aliphatic heterocycles. The second-order valence-electron chi connectivity index (χ2n) is 5.88. The molecule has 1 aromatic heterocycles. The fraction of sp³-hybridized carbons (Fsp3) is 0.533. The normalized spacial score (nSPS) is 14.1. The molecule has 0 aliphatic carbocycles. The van der Waals surface area contributed by atoms with Crippen molar-refractivity contribution in [1.82, 2.24) is 4.98 Å². The summed E-state index contributed by atoms with van der Waals surface area (Å²) in [6.07, 6.45) is 1.94. The van der Waals surface area contributed by atoms with Crippen molar-refractivity contribution in [2.45, 2.75) is 52.0 Å². The summed E-state index contributed by atoms with van der Waals surface area (Å²) >= 11 is 0. The van der Waals surface area contributed by atoms with Gasteiger partial charge in [0.15, 0.2) is 5.58 Å². The van der Waals surface area contributed by atoms with Gasteiger partial charge in [0.1, 0.15) is 5.52 Å². The Morgan fingerprint density at radius 3 is 2.67 bits per heavy atom. The second kappa shape index (κ2) is 4.73. The molecule has 2 aromatic rings. The Balaban J connectivity index is 2.40. The van der Waals surface area contributed by atoms with Crippen molar-refractivity contribution in [2.24, 2.45) is 5.73 Å². The molecule has 0 fully saturated rings. The van der Waals surface area contributed by atoms with E-state index in [9.17, 15) is 0 Å². The molecule has 1 aromatic carbocycles. The molecular formula is C15H22N2O. The lowest BCUT2D eigenvalue weighted by molar-refractivity contribution is 0.456. The summed E-state index contributed by atoms with van der Waals surface area (Å²) in [6, 6.07) is 6.09. The molecule has 0 radical (unpaired) electrons. The van der Waals surface area contributed by atoms with Crippen LogP contribution in [0.5, 0.6) is 0 Å². The number of hydrogen-bond donors (Lipinski definition) is 1. The average molecular weight is 246 g/mol. The van der Waals surface area contributed by atoms with E-state index in [0.717, 1.165) is 23.9 Å². The lowest BCUT2D eigenvalue weighted by Gasteiger charge is -2.18. The molecule has 0 spiro atoms. The van der Waals surface area contributed by atoms with Crippen LogP contribution in [0.3, 0.4) is 0 Å². The van der Waals surface area contributed by atoms with E-state index in [0.29, 0.717) is 5.89 Å². The Labute approximate surface area is 108 Å². The zero-order valence-electron chi connectivity index (χ0n) is 11.7. The van der Waals surface area contributed by atoms with Crippen LogP contribution in [0.4, 0.5) is 0 Å². The lowest BCUT2D eigenvalue weighted by atomic mass is 9.87. The predicted molar refractivity (Wildman–Crippen MR) is 74.5 cm³/mol. The highest BCUT2D eigenvalue weighted by molar-refractivity contribution is 5.73. The van der Waals surface area contributed by atoms with Crippen LogP contribution >= 0.6 is 0 Å². The van der Waals surface area contributed by atoms with Crippen LogP contribution in [0.1, 0.15) is 58.0 Å². The average Bonchev–Trinajstić information content (AvgIpc) is 2.70.